The Bertz CT molecular complexity index is 712. The number of carbonyl (C=O) groups is 1. The van der Waals surface area contributed by atoms with Gasteiger partial charge in [0.25, 0.3) is 0 Å². The number of hydrogen-bond acceptors (Lipinski definition) is 4. The van der Waals surface area contributed by atoms with Gasteiger partial charge < -0.3 is 14.8 Å². The quantitative estimate of drug-likeness (QED) is 0.909. The van der Waals surface area contributed by atoms with Crippen LogP contribution in [0, 0.1) is 6.92 Å². The number of nitrogens with zero attached hydrogens (tertiary/aromatic N) is 1. The summed E-state index contributed by atoms with van der Waals surface area (Å²) in [5.74, 6) is 0.602. The first-order valence-electron chi connectivity index (χ1n) is 8.51. The van der Waals surface area contributed by atoms with Gasteiger partial charge in [-0.15, -0.1) is 0 Å². The molecule has 0 radical (unpaired) electrons. The van der Waals surface area contributed by atoms with E-state index in [0.717, 1.165) is 24.2 Å². The summed E-state index contributed by atoms with van der Waals surface area (Å²) in [5.41, 5.74) is 2.74. The Hall–Kier alpha value is -2.37. The lowest BCUT2D eigenvalue weighted by Gasteiger charge is -2.33. The fraction of sp³-hybridized carbons (Fsp3) is 0.350. The zero-order chi connectivity index (χ0) is 17.6. The van der Waals surface area contributed by atoms with E-state index in [4.69, 9.17) is 9.47 Å². The number of methoxy groups -OCH3 is 1. The van der Waals surface area contributed by atoms with Gasteiger partial charge in [-0.05, 0) is 30.2 Å². The van der Waals surface area contributed by atoms with Crippen molar-refractivity contribution < 1.29 is 14.3 Å². The van der Waals surface area contributed by atoms with Crippen molar-refractivity contribution in [2.24, 2.45) is 0 Å². The van der Waals surface area contributed by atoms with Gasteiger partial charge in [0.1, 0.15) is 11.8 Å². The molecule has 2 aromatic carbocycles. The third kappa shape index (κ3) is 4.18. The van der Waals surface area contributed by atoms with Gasteiger partial charge >= 0.3 is 0 Å². The molecule has 0 bridgehead atoms. The van der Waals surface area contributed by atoms with Crippen molar-refractivity contribution in [3.63, 3.8) is 0 Å². The highest BCUT2D eigenvalue weighted by molar-refractivity contribution is 5.96. The smallest absolute Gasteiger partial charge is 0.246 e. The molecule has 2 aromatic rings. The monoisotopic (exact) mass is 340 g/mol. The molecule has 1 N–H and O–H groups in total. The summed E-state index contributed by atoms with van der Waals surface area (Å²) in [7, 11) is 1.61. The first-order chi connectivity index (χ1) is 12.2. The van der Waals surface area contributed by atoms with Crippen LogP contribution in [0.4, 0.5) is 5.69 Å². The number of anilines is 1. The van der Waals surface area contributed by atoms with Gasteiger partial charge in [-0.25, -0.2) is 0 Å². The van der Waals surface area contributed by atoms with E-state index in [1.165, 1.54) is 0 Å². The van der Waals surface area contributed by atoms with Crippen molar-refractivity contribution in [1.29, 1.82) is 0 Å². The van der Waals surface area contributed by atoms with E-state index in [0.29, 0.717) is 24.7 Å². The van der Waals surface area contributed by atoms with Gasteiger partial charge in [-0.2, -0.15) is 0 Å². The number of aryl methyl sites for hydroxylation is 1. The molecule has 1 unspecified atom stereocenters. The maximum Gasteiger partial charge on any atom is 0.246 e. The van der Waals surface area contributed by atoms with Crippen molar-refractivity contribution in [2.75, 3.05) is 38.7 Å². The van der Waals surface area contributed by atoms with Crippen LogP contribution < -0.4 is 10.1 Å². The molecule has 1 aliphatic rings. The Morgan fingerprint density at radius 2 is 1.88 bits per heavy atom. The first kappa shape index (κ1) is 17.5. The van der Waals surface area contributed by atoms with Crippen LogP contribution in [0.2, 0.25) is 0 Å². The van der Waals surface area contributed by atoms with Crippen LogP contribution in [0.3, 0.4) is 0 Å². The lowest BCUT2D eigenvalue weighted by atomic mass is 10.0. The Kier molecular flexibility index (Phi) is 5.68. The van der Waals surface area contributed by atoms with E-state index >= 15 is 0 Å². The molecule has 0 saturated carbocycles. The summed E-state index contributed by atoms with van der Waals surface area (Å²) >= 11 is 0. The molecule has 1 atom stereocenters. The number of morpholine rings is 1. The zero-order valence-electron chi connectivity index (χ0n) is 14.7. The average Bonchev–Trinajstić information content (AvgIpc) is 2.64. The predicted octanol–water partition coefficient (Wildman–Crippen LogP) is 3.02. The van der Waals surface area contributed by atoms with Crippen LogP contribution >= 0.6 is 0 Å². The Morgan fingerprint density at radius 3 is 2.56 bits per heavy atom. The molecule has 1 saturated heterocycles. The van der Waals surface area contributed by atoms with Gasteiger partial charge in [-0.1, -0.05) is 36.4 Å². The van der Waals surface area contributed by atoms with Crippen LogP contribution in [-0.4, -0.2) is 44.2 Å². The molecule has 3 rings (SSSR count). The van der Waals surface area contributed by atoms with Crippen molar-refractivity contribution in [3.8, 4) is 5.75 Å². The molecule has 5 nitrogen and oxygen atoms in total. The van der Waals surface area contributed by atoms with Gasteiger partial charge in [0.2, 0.25) is 5.91 Å². The van der Waals surface area contributed by atoms with E-state index in [9.17, 15) is 4.79 Å². The van der Waals surface area contributed by atoms with Crippen LogP contribution in [0.5, 0.6) is 5.75 Å². The first-order valence-corrected chi connectivity index (χ1v) is 8.51. The van der Waals surface area contributed by atoms with Gasteiger partial charge in [0, 0.05) is 13.1 Å². The maximum atomic E-state index is 13.1. The molecule has 1 fully saturated rings. The number of nitrogens with one attached hydrogen (secondary N) is 1. The number of hydrogen-bond donors (Lipinski definition) is 1. The zero-order valence-corrected chi connectivity index (χ0v) is 14.7. The normalized spacial score (nSPS) is 16.2. The Labute approximate surface area is 148 Å². The number of benzene rings is 2. The van der Waals surface area contributed by atoms with Gasteiger partial charge in [-0.3, -0.25) is 9.69 Å². The van der Waals surface area contributed by atoms with E-state index in [1.54, 1.807) is 7.11 Å². The molecule has 0 aromatic heterocycles. The van der Waals surface area contributed by atoms with Crippen LogP contribution in [0.1, 0.15) is 17.2 Å². The second-order valence-electron chi connectivity index (χ2n) is 6.15. The summed E-state index contributed by atoms with van der Waals surface area (Å²) < 4.78 is 10.8. The second-order valence-corrected chi connectivity index (χ2v) is 6.15. The topological polar surface area (TPSA) is 50.8 Å². The number of carbonyl (C=O) groups excluding carboxylic acids is 1. The summed E-state index contributed by atoms with van der Waals surface area (Å²) in [6.45, 7) is 4.75. The number of amides is 1. The predicted molar refractivity (Wildman–Crippen MR) is 97.9 cm³/mol. The summed E-state index contributed by atoms with van der Waals surface area (Å²) in [6.07, 6.45) is 0. The fourth-order valence-corrected chi connectivity index (χ4v) is 3.12. The molecule has 1 aliphatic heterocycles. The lowest BCUT2D eigenvalue weighted by Crippen LogP contribution is -2.43. The van der Waals surface area contributed by atoms with Crippen molar-refractivity contribution in [2.45, 2.75) is 13.0 Å². The molecule has 132 valence electrons. The van der Waals surface area contributed by atoms with Crippen LogP contribution in [0.15, 0.2) is 48.5 Å². The highest BCUT2D eigenvalue weighted by Crippen LogP contribution is 2.29. The maximum absolute atomic E-state index is 13.1. The minimum Gasteiger partial charge on any atom is -0.495 e. The van der Waals surface area contributed by atoms with E-state index in [-0.39, 0.29) is 11.9 Å². The molecule has 1 amide bonds. The van der Waals surface area contributed by atoms with Crippen molar-refractivity contribution in [3.05, 3.63) is 59.7 Å². The third-order valence-corrected chi connectivity index (χ3v) is 4.39. The molecule has 1 heterocycles. The average molecular weight is 340 g/mol. The van der Waals surface area contributed by atoms with E-state index < -0.39 is 0 Å². The minimum atomic E-state index is -0.352. The molecule has 25 heavy (non-hydrogen) atoms. The van der Waals surface area contributed by atoms with Crippen molar-refractivity contribution >= 4 is 11.6 Å². The molecule has 0 spiro atoms. The molecule has 5 heteroatoms. The van der Waals surface area contributed by atoms with Crippen LogP contribution in [-0.2, 0) is 9.53 Å². The third-order valence-electron chi connectivity index (χ3n) is 4.39. The highest BCUT2D eigenvalue weighted by atomic mass is 16.5. The van der Waals surface area contributed by atoms with Gasteiger partial charge in [0.05, 0.1) is 26.0 Å². The second kappa shape index (κ2) is 8.14. The molecule has 0 aliphatic carbocycles. The largest absolute Gasteiger partial charge is 0.495 e. The van der Waals surface area contributed by atoms with E-state index in [2.05, 4.69) is 10.2 Å². The minimum absolute atomic E-state index is 0.0583. The molecular formula is C20H24N2O3. The highest BCUT2D eigenvalue weighted by Gasteiger charge is 2.29. The fourth-order valence-electron chi connectivity index (χ4n) is 3.12. The van der Waals surface area contributed by atoms with Gasteiger partial charge in [0.15, 0.2) is 0 Å². The SMILES string of the molecule is COc1ccc(C)cc1NC(=O)C(c1ccccc1)N1CCOCC1. The summed E-state index contributed by atoms with van der Waals surface area (Å²) in [6, 6.07) is 15.3. The molecular weight excluding hydrogens is 316 g/mol. The Balaban J connectivity index is 1.88. The summed E-state index contributed by atoms with van der Waals surface area (Å²) in [5, 5.41) is 3.05. The Morgan fingerprint density at radius 1 is 1.16 bits per heavy atom. The van der Waals surface area contributed by atoms with Crippen molar-refractivity contribution in [1.82, 2.24) is 4.90 Å². The summed E-state index contributed by atoms with van der Waals surface area (Å²) in [4.78, 5) is 15.3. The lowest BCUT2D eigenvalue weighted by molar-refractivity contribution is -0.123. The van der Waals surface area contributed by atoms with Crippen LogP contribution in [0.25, 0.3) is 0 Å². The number of rotatable bonds is 5. The van der Waals surface area contributed by atoms with E-state index in [1.807, 2.05) is 55.5 Å². The number of ether oxygens (including phenoxy) is 2. The standard InChI is InChI=1S/C20H24N2O3/c1-15-8-9-18(24-2)17(14-15)21-20(23)19(16-6-4-3-5-7-16)22-10-12-25-13-11-22/h3-9,14,19H,10-13H2,1-2H3,(H,21,23).